The number of carbonyl (C=O) groups excluding carboxylic acids is 2. The van der Waals surface area contributed by atoms with E-state index in [-0.39, 0.29) is 17.5 Å². The standard InChI is InChI=1S/C26H34O3/c1-25-14-12-19(27)16-18(25)8-9-20-21-10-11-23(26(21,2)15-13-22(20)25)29-24(28)17-6-4-3-5-7-17/h3-7,18,20-23H,8-16H2,1-2H3/t18-,20+,21-,22+,23+,25-,26-/m0/s1. The summed E-state index contributed by atoms with van der Waals surface area (Å²) in [5.74, 6) is 3.06. The van der Waals surface area contributed by atoms with Crippen molar-refractivity contribution in [2.24, 2.45) is 34.5 Å². The first-order valence-electron chi connectivity index (χ1n) is 11.7. The zero-order valence-electron chi connectivity index (χ0n) is 17.9. The maximum atomic E-state index is 12.7. The molecule has 0 N–H and O–H groups in total. The van der Waals surface area contributed by atoms with E-state index in [1.54, 1.807) is 0 Å². The van der Waals surface area contributed by atoms with Crippen LogP contribution < -0.4 is 0 Å². The molecule has 4 fully saturated rings. The molecule has 0 aliphatic heterocycles. The number of esters is 1. The lowest BCUT2D eigenvalue weighted by molar-refractivity contribution is -0.142. The van der Waals surface area contributed by atoms with Crippen LogP contribution in [-0.4, -0.2) is 17.9 Å². The predicted molar refractivity (Wildman–Crippen MR) is 112 cm³/mol. The zero-order chi connectivity index (χ0) is 20.2. The van der Waals surface area contributed by atoms with Crippen LogP contribution in [0.3, 0.4) is 0 Å². The van der Waals surface area contributed by atoms with E-state index in [9.17, 15) is 9.59 Å². The summed E-state index contributed by atoms with van der Waals surface area (Å²) in [6.07, 6.45) is 9.79. The minimum Gasteiger partial charge on any atom is -0.458 e. The SMILES string of the molecule is C[C@]12CCC(=O)C[C@@H]1CC[C@H]1[C@H]2CC[C@]2(C)[C@H](OC(=O)c3ccccc3)CC[C@@H]12. The lowest BCUT2D eigenvalue weighted by atomic mass is 9.45. The summed E-state index contributed by atoms with van der Waals surface area (Å²) in [7, 11) is 0. The van der Waals surface area contributed by atoms with Gasteiger partial charge in [-0.05, 0) is 86.2 Å². The molecule has 7 atom stereocenters. The van der Waals surface area contributed by atoms with Crippen LogP contribution in [-0.2, 0) is 9.53 Å². The molecule has 1 aromatic carbocycles. The highest BCUT2D eigenvalue weighted by Gasteiger charge is 2.61. The number of fused-ring (bicyclic) bond motifs is 5. The molecular weight excluding hydrogens is 360 g/mol. The second-order valence-corrected chi connectivity index (χ2v) is 10.8. The van der Waals surface area contributed by atoms with Crippen LogP contribution in [0.2, 0.25) is 0 Å². The molecule has 4 aliphatic carbocycles. The summed E-state index contributed by atoms with van der Waals surface area (Å²) in [6.45, 7) is 4.88. The normalized spacial score (nSPS) is 43.8. The molecule has 0 amide bonds. The number of ketones is 1. The second-order valence-electron chi connectivity index (χ2n) is 10.8. The van der Waals surface area contributed by atoms with E-state index in [2.05, 4.69) is 13.8 Å². The van der Waals surface area contributed by atoms with Crippen molar-refractivity contribution in [3.8, 4) is 0 Å². The van der Waals surface area contributed by atoms with Crippen molar-refractivity contribution in [3.63, 3.8) is 0 Å². The molecular formula is C26H34O3. The highest BCUT2D eigenvalue weighted by atomic mass is 16.5. The van der Waals surface area contributed by atoms with Gasteiger partial charge in [-0.1, -0.05) is 32.0 Å². The Bertz CT molecular complexity index is 801. The van der Waals surface area contributed by atoms with Gasteiger partial charge in [0.05, 0.1) is 5.56 Å². The van der Waals surface area contributed by atoms with Gasteiger partial charge >= 0.3 is 5.97 Å². The van der Waals surface area contributed by atoms with Gasteiger partial charge in [0, 0.05) is 18.3 Å². The van der Waals surface area contributed by atoms with E-state index in [1.165, 1.54) is 25.7 Å². The number of carbonyl (C=O) groups is 2. The molecule has 0 radical (unpaired) electrons. The minimum atomic E-state index is -0.166. The minimum absolute atomic E-state index is 0.0413. The van der Waals surface area contributed by atoms with Crippen LogP contribution in [0.5, 0.6) is 0 Å². The molecule has 1 aromatic rings. The number of Topliss-reactive ketones (excluding diaryl/α,β-unsaturated/α-hetero) is 1. The summed E-state index contributed by atoms with van der Waals surface area (Å²) >= 11 is 0. The Morgan fingerprint density at radius 3 is 2.48 bits per heavy atom. The summed E-state index contributed by atoms with van der Waals surface area (Å²) in [5.41, 5.74) is 1.11. The number of hydrogen-bond acceptors (Lipinski definition) is 3. The van der Waals surface area contributed by atoms with Gasteiger partial charge < -0.3 is 4.74 Å². The molecule has 0 unspecified atom stereocenters. The fourth-order valence-electron chi connectivity index (χ4n) is 7.96. The van der Waals surface area contributed by atoms with Gasteiger partial charge in [-0.25, -0.2) is 4.79 Å². The fourth-order valence-corrected chi connectivity index (χ4v) is 7.96. The third-order valence-electron chi connectivity index (χ3n) is 9.65. The first kappa shape index (κ1) is 19.3. The maximum absolute atomic E-state index is 12.7. The first-order chi connectivity index (χ1) is 13.9. The molecule has 29 heavy (non-hydrogen) atoms. The van der Waals surface area contributed by atoms with Crippen LogP contribution in [0.4, 0.5) is 0 Å². The van der Waals surface area contributed by atoms with Gasteiger partial charge in [0.15, 0.2) is 0 Å². The molecule has 156 valence electrons. The number of hydrogen-bond donors (Lipinski definition) is 0. The molecule has 0 saturated heterocycles. The molecule has 0 spiro atoms. The summed E-state index contributed by atoms with van der Waals surface area (Å²) in [5, 5.41) is 0. The Balaban J connectivity index is 1.34. The van der Waals surface area contributed by atoms with Crippen molar-refractivity contribution < 1.29 is 14.3 Å². The molecule has 4 saturated carbocycles. The van der Waals surface area contributed by atoms with Crippen LogP contribution >= 0.6 is 0 Å². The van der Waals surface area contributed by atoms with Crippen molar-refractivity contribution in [2.45, 2.75) is 77.7 Å². The molecule has 4 aliphatic rings. The highest BCUT2D eigenvalue weighted by molar-refractivity contribution is 5.89. The summed E-state index contributed by atoms with van der Waals surface area (Å²) < 4.78 is 6.11. The smallest absolute Gasteiger partial charge is 0.338 e. The van der Waals surface area contributed by atoms with Gasteiger partial charge in [0.1, 0.15) is 11.9 Å². The molecule has 0 bridgehead atoms. The fraction of sp³-hybridized carbons (Fsp3) is 0.692. The van der Waals surface area contributed by atoms with Gasteiger partial charge in [0.2, 0.25) is 0 Å². The third kappa shape index (κ3) is 2.99. The topological polar surface area (TPSA) is 43.4 Å². The highest BCUT2D eigenvalue weighted by Crippen LogP contribution is 2.66. The van der Waals surface area contributed by atoms with Crippen molar-refractivity contribution in [3.05, 3.63) is 35.9 Å². The average molecular weight is 395 g/mol. The first-order valence-corrected chi connectivity index (χ1v) is 11.7. The maximum Gasteiger partial charge on any atom is 0.338 e. The molecule has 3 nitrogen and oxygen atoms in total. The lowest BCUT2D eigenvalue weighted by Crippen LogP contribution is -2.54. The third-order valence-corrected chi connectivity index (χ3v) is 9.65. The summed E-state index contributed by atoms with van der Waals surface area (Å²) in [6, 6.07) is 9.42. The Kier molecular flexibility index (Phi) is 4.64. The number of ether oxygens (including phenoxy) is 1. The second kappa shape index (κ2) is 6.96. The number of rotatable bonds is 2. The van der Waals surface area contributed by atoms with E-state index in [0.717, 1.165) is 43.9 Å². The Labute approximate surface area is 174 Å². The monoisotopic (exact) mass is 394 g/mol. The van der Waals surface area contributed by atoms with Crippen molar-refractivity contribution in [1.29, 1.82) is 0 Å². The van der Waals surface area contributed by atoms with Gasteiger partial charge in [0.25, 0.3) is 0 Å². The quantitative estimate of drug-likeness (QED) is 0.593. The van der Waals surface area contributed by atoms with E-state index in [0.29, 0.717) is 28.6 Å². The van der Waals surface area contributed by atoms with Crippen LogP contribution in [0.15, 0.2) is 30.3 Å². The summed E-state index contributed by atoms with van der Waals surface area (Å²) in [4.78, 5) is 24.8. The lowest BCUT2D eigenvalue weighted by Gasteiger charge is -2.60. The van der Waals surface area contributed by atoms with Crippen LogP contribution in [0.25, 0.3) is 0 Å². The van der Waals surface area contributed by atoms with Crippen molar-refractivity contribution in [2.75, 3.05) is 0 Å². The van der Waals surface area contributed by atoms with Gasteiger partial charge in [-0.3, -0.25) is 4.79 Å². The van der Waals surface area contributed by atoms with Crippen molar-refractivity contribution in [1.82, 2.24) is 0 Å². The van der Waals surface area contributed by atoms with Crippen LogP contribution in [0, 0.1) is 34.5 Å². The van der Waals surface area contributed by atoms with Crippen molar-refractivity contribution >= 4 is 11.8 Å². The van der Waals surface area contributed by atoms with Gasteiger partial charge in [-0.15, -0.1) is 0 Å². The Hall–Kier alpha value is -1.64. The van der Waals surface area contributed by atoms with E-state index in [1.807, 2.05) is 30.3 Å². The Morgan fingerprint density at radius 1 is 0.931 bits per heavy atom. The Morgan fingerprint density at radius 2 is 1.69 bits per heavy atom. The van der Waals surface area contributed by atoms with Crippen LogP contribution in [0.1, 0.15) is 82.0 Å². The van der Waals surface area contributed by atoms with E-state index in [4.69, 9.17) is 4.74 Å². The zero-order valence-corrected chi connectivity index (χ0v) is 17.9. The largest absolute Gasteiger partial charge is 0.458 e. The number of benzene rings is 1. The molecule has 3 heteroatoms. The van der Waals surface area contributed by atoms with Gasteiger partial charge in [-0.2, -0.15) is 0 Å². The molecule has 0 aromatic heterocycles. The molecule has 0 heterocycles. The predicted octanol–water partition coefficient (Wildman–Crippen LogP) is 5.82. The molecule has 5 rings (SSSR count). The van der Waals surface area contributed by atoms with E-state index < -0.39 is 0 Å². The van der Waals surface area contributed by atoms with E-state index >= 15 is 0 Å². The average Bonchev–Trinajstić information content (AvgIpc) is 3.05.